The van der Waals surface area contributed by atoms with E-state index in [9.17, 15) is 13.2 Å². The lowest BCUT2D eigenvalue weighted by Crippen LogP contribution is -2.35. The molecule has 1 N–H and O–H groups in total. The number of anilines is 1. The van der Waals surface area contributed by atoms with E-state index in [4.69, 9.17) is 16.3 Å². The Kier molecular flexibility index (Phi) is 6.94. The van der Waals surface area contributed by atoms with Crippen molar-refractivity contribution in [2.75, 3.05) is 37.4 Å². The molecule has 0 saturated heterocycles. The number of amides is 1. The average Bonchev–Trinajstić information content (AvgIpc) is 2.40. The number of hydrogen-bond acceptors (Lipinski definition) is 4. The van der Waals surface area contributed by atoms with Gasteiger partial charge in [-0.05, 0) is 12.1 Å². The van der Waals surface area contributed by atoms with Crippen molar-refractivity contribution in [2.24, 2.45) is 0 Å². The molecule has 21 heavy (non-hydrogen) atoms. The molecule has 0 atom stereocenters. The molecule has 0 aliphatic carbocycles. The number of nitrogens with zero attached hydrogens (tertiary/aromatic N) is 1. The van der Waals surface area contributed by atoms with E-state index in [1.54, 1.807) is 24.3 Å². The first kappa shape index (κ1) is 17.7. The van der Waals surface area contributed by atoms with Crippen molar-refractivity contribution < 1.29 is 17.9 Å². The molecule has 6 nitrogen and oxygen atoms in total. The van der Waals surface area contributed by atoms with Crippen LogP contribution in [0.1, 0.15) is 6.42 Å². The topological polar surface area (TPSA) is 75.7 Å². The van der Waals surface area contributed by atoms with Crippen LogP contribution >= 0.6 is 11.6 Å². The second-order valence-electron chi connectivity index (χ2n) is 4.38. The number of halogens is 1. The number of ether oxygens (including phenoxy) is 1. The normalized spacial score (nSPS) is 11.2. The Bertz CT molecular complexity index is 577. The van der Waals surface area contributed by atoms with Crippen LogP contribution in [0.3, 0.4) is 0 Å². The van der Waals surface area contributed by atoms with E-state index in [1.807, 2.05) is 0 Å². The van der Waals surface area contributed by atoms with Gasteiger partial charge in [-0.1, -0.05) is 23.7 Å². The Morgan fingerprint density at radius 1 is 1.38 bits per heavy atom. The van der Waals surface area contributed by atoms with Gasteiger partial charge in [0.25, 0.3) is 0 Å². The number of carbonyl (C=O) groups excluding carboxylic acids is 1. The van der Waals surface area contributed by atoms with Crippen molar-refractivity contribution in [3.8, 4) is 0 Å². The fraction of sp³-hybridized carbons (Fsp3) is 0.462. The highest BCUT2D eigenvalue weighted by atomic mass is 35.5. The number of para-hydroxylation sites is 1. The van der Waals surface area contributed by atoms with Crippen LogP contribution < -0.4 is 9.62 Å². The molecular weight excluding hydrogens is 316 g/mol. The third-order valence-electron chi connectivity index (χ3n) is 2.69. The molecule has 0 bridgehead atoms. The first-order valence-corrected chi connectivity index (χ1v) is 8.56. The van der Waals surface area contributed by atoms with E-state index < -0.39 is 10.0 Å². The van der Waals surface area contributed by atoms with Crippen LogP contribution in [0, 0.1) is 0 Å². The van der Waals surface area contributed by atoms with Crippen molar-refractivity contribution in [1.82, 2.24) is 5.32 Å². The van der Waals surface area contributed by atoms with E-state index in [2.05, 4.69) is 5.32 Å². The summed E-state index contributed by atoms with van der Waals surface area (Å²) in [6.45, 7) is 0.827. The van der Waals surface area contributed by atoms with Gasteiger partial charge in [0.2, 0.25) is 15.9 Å². The Morgan fingerprint density at radius 3 is 2.62 bits per heavy atom. The summed E-state index contributed by atoms with van der Waals surface area (Å²) in [6, 6.07) is 6.61. The quantitative estimate of drug-likeness (QED) is 0.726. The fourth-order valence-corrected chi connectivity index (χ4v) is 2.93. The number of carbonyl (C=O) groups is 1. The van der Waals surface area contributed by atoms with Gasteiger partial charge in [0.1, 0.15) is 0 Å². The predicted octanol–water partition coefficient (Wildman–Crippen LogP) is 1.26. The largest absolute Gasteiger partial charge is 0.383 e. The number of rotatable bonds is 8. The van der Waals surface area contributed by atoms with Crippen LogP contribution in [0.5, 0.6) is 0 Å². The van der Waals surface area contributed by atoms with Crippen molar-refractivity contribution >= 4 is 33.2 Å². The molecule has 0 spiro atoms. The van der Waals surface area contributed by atoms with Crippen LogP contribution in [0.4, 0.5) is 5.69 Å². The zero-order valence-corrected chi connectivity index (χ0v) is 13.6. The van der Waals surface area contributed by atoms with Crippen LogP contribution in [-0.4, -0.2) is 47.4 Å². The minimum Gasteiger partial charge on any atom is -0.383 e. The number of benzene rings is 1. The molecule has 1 aromatic carbocycles. The van der Waals surface area contributed by atoms with Gasteiger partial charge in [-0.25, -0.2) is 8.42 Å². The van der Waals surface area contributed by atoms with Gasteiger partial charge in [-0.2, -0.15) is 0 Å². The zero-order valence-electron chi connectivity index (χ0n) is 12.0. The lowest BCUT2D eigenvalue weighted by Gasteiger charge is -2.23. The number of methoxy groups -OCH3 is 1. The summed E-state index contributed by atoms with van der Waals surface area (Å²) >= 11 is 6.02. The lowest BCUT2D eigenvalue weighted by atomic mass is 10.3. The second kappa shape index (κ2) is 8.21. The highest BCUT2D eigenvalue weighted by Crippen LogP contribution is 2.27. The molecule has 0 aromatic heterocycles. The van der Waals surface area contributed by atoms with Crippen molar-refractivity contribution in [3.05, 3.63) is 29.3 Å². The molecule has 1 amide bonds. The molecular formula is C13H19ClN2O4S. The van der Waals surface area contributed by atoms with Gasteiger partial charge >= 0.3 is 0 Å². The smallest absolute Gasteiger partial charge is 0.232 e. The van der Waals surface area contributed by atoms with Crippen LogP contribution in [0.25, 0.3) is 0 Å². The number of sulfonamides is 1. The monoisotopic (exact) mass is 334 g/mol. The molecule has 0 aliphatic heterocycles. The average molecular weight is 335 g/mol. The lowest BCUT2D eigenvalue weighted by molar-refractivity contribution is -0.121. The standard InChI is InChI=1S/C13H19ClN2O4S/c1-20-10-8-15-13(17)7-9-16(21(2,18)19)12-6-4-3-5-11(12)14/h3-6H,7-10H2,1-2H3,(H,15,17). The number of nitrogens with one attached hydrogen (secondary N) is 1. The number of hydrogen-bond donors (Lipinski definition) is 1. The third-order valence-corrected chi connectivity index (χ3v) is 4.19. The summed E-state index contributed by atoms with van der Waals surface area (Å²) < 4.78 is 29.7. The molecule has 1 rings (SSSR count). The predicted molar refractivity (Wildman–Crippen MR) is 83.1 cm³/mol. The van der Waals surface area contributed by atoms with E-state index in [0.717, 1.165) is 10.6 Å². The summed E-state index contributed by atoms with van der Waals surface area (Å²) in [5.41, 5.74) is 0.367. The maximum absolute atomic E-state index is 11.9. The first-order valence-electron chi connectivity index (χ1n) is 6.34. The first-order chi connectivity index (χ1) is 9.86. The van der Waals surface area contributed by atoms with Crippen molar-refractivity contribution in [2.45, 2.75) is 6.42 Å². The van der Waals surface area contributed by atoms with Crippen LogP contribution in [0.15, 0.2) is 24.3 Å². The summed E-state index contributed by atoms with van der Waals surface area (Å²) in [7, 11) is -1.98. The molecule has 0 saturated carbocycles. The maximum Gasteiger partial charge on any atom is 0.232 e. The molecule has 0 radical (unpaired) electrons. The molecule has 1 aromatic rings. The van der Waals surface area contributed by atoms with Crippen LogP contribution in [0.2, 0.25) is 5.02 Å². The zero-order chi connectivity index (χ0) is 15.9. The highest BCUT2D eigenvalue weighted by molar-refractivity contribution is 7.92. The Morgan fingerprint density at radius 2 is 2.05 bits per heavy atom. The van der Waals surface area contributed by atoms with Crippen molar-refractivity contribution in [3.63, 3.8) is 0 Å². The molecule has 0 heterocycles. The van der Waals surface area contributed by atoms with Gasteiger partial charge in [0.05, 0.1) is 23.6 Å². The summed E-state index contributed by atoms with van der Waals surface area (Å²) in [4.78, 5) is 11.6. The molecule has 8 heteroatoms. The molecule has 0 aliphatic rings. The Labute approximate surface area is 130 Å². The van der Waals surface area contributed by atoms with Gasteiger partial charge < -0.3 is 10.1 Å². The van der Waals surface area contributed by atoms with Crippen molar-refractivity contribution in [1.29, 1.82) is 0 Å². The van der Waals surface area contributed by atoms with Gasteiger partial charge in [-0.15, -0.1) is 0 Å². The Hall–Kier alpha value is -1.31. The van der Waals surface area contributed by atoms with Gasteiger partial charge in [-0.3, -0.25) is 9.10 Å². The second-order valence-corrected chi connectivity index (χ2v) is 6.69. The highest BCUT2D eigenvalue weighted by Gasteiger charge is 2.20. The summed E-state index contributed by atoms with van der Waals surface area (Å²) in [6.07, 6.45) is 1.13. The van der Waals surface area contributed by atoms with E-state index >= 15 is 0 Å². The fourth-order valence-electron chi connectivity index (χ4n) is 1.70. The van der Waals surface area contributed by atoms with E-state index in [-0.39, 0.29) is 18.9 Å². The van der Waals surface area contributed by atoms with Gasteiger partial charge in [0.15, 0.2) is 0 Å². The Balaban J connectivity index is 2.74. The molecule has 118 valence electrons. The third kappa shape index (κ3) is 5.91. The maximum atomic E-state index is 11.9. The van der Waals surface area contributed by atoms with Gasteiger partial charge in [0, 0.05) is 26.6 Å². The summed E-state index contributed by atoms with van der Waals surface area (Å²) in [5.74, 6) is -0.243. The minimum absolute atomic E-state index is 0.0291. The van der Waals surface area contributed by atoms with Crippen LogP contribution in [-0.2, 0) is 19.6 Å². The summed E-state index contributed by atoms with van der Waals surface area (Å²) in [5, 5.41) is 2.96. The molecule has 0 unspecified atom stereocenters. The van der Waals surface area contributed by atoms with E-state index in [0.29, 0.717) is 23.9 Å². The van der Waals surface area contributed by atoms with E-state index in [1.165, 1.54) is 7.11 Å². The minimum atomic E-state index is -3.52. The molecule has 0 fully saturated rings. The SMILES string of the molecule is COCCNC(=O)CCN(c1ccccc1Cl)S(C)(=O)=O.